The van der Waals surface area contributed by atoms with Gasteiger partial charge in [0.1, 0.15) is 0 Å². The molecular formula is C13H18N2O4S. The molecule has 0 saturated heterocycles. The summed E-state index contributed by atoms with van der Waals surface area (Å²) < 4.78 is 27.3. The molecule has 1 N–H and O–H groups in total. The predicted octanol–water partition coefficient (Wildman–Crippen LogP) is 2.45. The van der Waals surface area contributed by atoms with Crippen molar-refractivity contribution in [3.8, 4) is 0 Å². The number of benzene rings is 1. The average Bonchev–Trinajstić information content (AvgIpc) is 2.41. The average molecular weight is 298 g/mol. The van der Waals surface area contributed by atoms with Gasteiger partial charge in [-0.3, -0.25) is 10.1 Å². The van der Waals surface area contributed by atoms with Crippen molar-refractivity contribution in [1.82, 2.24) is 4.72 Å². The van der Waals surface area contributed by atoms with Crippen LogP contribution in [-0.4, -0.2) is 19.4 Å². The molecule has 2 rings (SSSR count). The van der Waals surface area contributed by atoms with Gasteiger partial charge in [-0.15, -0.1) is 0 Å². The molecule has 6 nitrogen and oxygen atoms in total. The van der Waals surface area contributed by atoms with Crippen LogP contribution >= 0.6 is 0 Å². The zero-order valence-corrected chi connectivity index (χ0v) is 12.1. The van der Waals surface area contributed by atoms with Crippen LogP contribution in [0.25, 0.3) is 0 Å². The Bertz CT molecular complexity index is 600. The highest BCUT2D eigenvalue weighted by atomic mass is 32.2. The fraction of sp³-hybridized carbons (Fsp3) is 0.538. The Morgan fingerprint density at radius 1 is 1.25 bits per heavy atom. The summed E-state index contributed by atoms with van der Waals surface area (Å²) in [6, 6.07) is 5.28. The molecule has 0 aliphatic heterocycles. The third-order valence-corrected chi connectivity index (χ3v) is 5.31. The standard InChI is InChI=1S/C13H18N2O4S/c1-10-6-2-3-7-11(10)14-20(18,19)13-9-5-4-8-12(13)15(16)17/h4-5,8-11,14H,2-3,6-7H2,1H3. The summed E-state index contributed by atoms with van der Waals surface area (Å²) in [6.45, 7) is 2.01. The molecule has 20 heavy (non-hydrogen) atoms. The molecule has 0 aromatic heterocycles. The molecule has 0 heterocycles. The highest BCUT2D eigenvalue weighted by Gasteiger charge is 2.30. The first kappa shape index (κ1) is 14.9. The van der Waals surface area contributed by atoms with Crippen LogP contribution in [0.15, 0.2) is 29.2 Å². The number of rotatable bonds is 4. The Labute approximate surface area is 118 Å². The monoisotopic (exact) mass is 298 g/mol. The quantitative estimate of drug-likeness (QED) is 0.683. The summed E-state index contributed by atoms with van der Waals surface area (Å²) in [4.78, 5) is 10.0. The van der Waals surface area contributed by atoms with Crippen LogP contribution in [0, 0.1) is 16.0 Å². The molecule has 0 bridgehead atoms. The van der Waals surface area contributed by atoms with Crippen molar-refractivity contribution in [1.29, 1.82) is 0 Å². The Morgan fingerprint density at radius 2 is 1.90 bits per heavy atom. The summed E-state index contributed by atoms with van der Waals surface area (Å²) in [7, 11) is -3.86. The predicted molar refractivity (Wildman–Crippen MR) is 74.8 cm³/mol. The molecule has 0 amide bonds. The molecule has 1 aliphatic carbocycles. The van der Waals surface area contributed by atoms with Gasteiger partial charge < -0.3 is 0 Å². The minimum absolute atomic E-state index is 0.145. The van der Waals surface area contributed by atoms with Gasteiger partial charge in [0.15, 0.2) is 4.90 Å². The second-order valence-corrected chi connectivity index (χ2v) is 6.90. The number of nitro benzene ring substituents is 1. The molecule has 1 aromatic carbocycles. The first-order valence-corrected chi connectivity index (χ1v) is 8.16. The summed E-state index contributed by atoms with van der Waals surface area (Å²) in [5.74, 6) is 0.251. The second-order valence-electron chi connectivity index (χ2n) is 5.21. The van der Waals surface area contributed by atoms with Crippen molar-refractivity contribution in [2.75, 3.05) is 0 Å². The van der Waals surface area contributed by atoms with Gasteiger partial charge in [-0.05, 0) is 24.8 Å². The molecule has 2 unspecified atom stereocenters. The minimum Gasteiger partial charge on any atom is -0.258 e. The lowest BCUT2D eigenvalue weighted by atomic mass is 9.87. The van der Waals surface area contributed by atoms with Crippen molar-refractivity contribution in [2.24, 2.45) is 5.92 Å². The summed E-state index contributed by atoms with van der Waals surface area (Å²) in [5.41, 5.74) is -0.386. The summed E-state index contributed by atoms with van der Waals surface area (Å²) in [6.07, 6.45) is 3.84. The molecule has 1 aromatic rings. The third kappa shape index (κ3) is 3.16. The van der Waals surface area contributed by atoms with Gasteiger partial charge in [-0.25, -0.2) is 13.1 Å². The number of nitrogens with zero attached hydrogens (tertiary/aromatic N) is 1. The molecule has 110 valence electrons. The summed E-state index contributed by atoms with van der Waals surface area (Å²) >= 11 is 0. The van der Waals surface area contributed by atoms with E-state index in [1.807, 2.05) is 6.92 Å². The van der Waals surface area contributed by atoms with E-state index in [4.69, 9.17) is 0 Å². The molecular weight excluding hydrogens is 280 g/mol. The van der Waals surface area contributed by atoms with Crippen LogP contribution < -0.4 is 4.72 Å². The van der Waals surface area contributed by atoms with Gasteiger partial charge in [0.2, 0.25) is 10.0 Å². The maximum absolute atomic E-state index is 12.4. The second kappa shape index (κ2) is 5.88. The van der Waals surface area contributed by atoms with Gasteiger partial charge in [0.25, 0.3) is 5.69 Å². The fourth-order valence-electron chi connectivity index (χ4n) is 2.59. The zero-order chi connectivity index (χ0) is 14.8. The molecule has 7 heteroatoms. The lowest BCUT2D eigenvalue weighted by Gasteiger charge is -2.29. The Balaban J connectivity index is 2.29. The summed E-state index contributed by atoms with van der Waals surface area (Å²) in [5, 5.41) is 10.9. The zero-order valence-electron chi connectivity index (χ0n) is 11.3. The molecule has 2 atom stereocenters. The van der Waals surface area contributed by atoms with E-state index in [1.54, 1.807) is 0 Å². The maximum atomic E-state index is 12.4. The lowest BCUT2D eigenvalue weighted by molar-refractivity contribution is -0.387. The van der Waals surface area contributed by atoms with Gasteiger partial charge in [0.05, 0.1) is 4.92 Å². The highest BCUT2D eigenvalue weighted by molar-refractivity contribution is 7.89. The maximum Gasteiger partial charge on any atom is 0.289 e. The first-order valence-electron chi connectivity index (χ1n) is 6.67. The fourth-order valence-corrected chi connectivity index (χ4v) is 4.14. The minimum atomic E-state index is -3.86. The largest absolute Gasteiger partial charge is 0.289 e. The normalized spacial score (nSPS) is 23.4. The van der Waals surface area contributed by atoms with E-state index in [9.17, 15) is 18.5 Å². The molecule has 1 fully saturated rings. The van der Waals surface area contributed by atoms with Crippen molar-refractivity contribution >= 4 is 15.7 Å². The van der Waals surface area contributed by atoms with E-state index in [0.29, 0.717) is 0 Å². The lowest BCUT2D eigenvalue weighted by Crippen LogP contribution is -2.41. The number of para-hydroxylation sites is 1. The van der Waals surface area contributed by atoms with E-state index in [2.05, 4.69) is 4.72 Å². The Kier molecular flexibility index (Phi) is 4.39. The SMILES string of the molecule is CC1CCCCC1NS(=O)(=O)c1ccccc1[N+](=O)[O-]. The van der Waals surface area contributed by atoms with Crippen LogP contribution in [0.5, 0.6) is 0 Å². The van der Waals surface area contributed by atoms with Crippen LogP contribution in [-0.2, 0) is 10.0 Å². The van der Waals surface area contributed by atoms with Crippen molar-refractivity contribution < 1.29 is 13.3 Å². The molecule has 0 radical (unpaired) electrons. The van der Waals surface area contributed by atoms with Crippen molar-refractivity contribution in [3.05, 3.63) is 34.4 Å². The van der Waals surface area contributed by atoms with E-state index >= 15 is 0 Å². The van der Waals surface area contributed by atoms with Gasteiger partial charge in [-0.2, -0.15) is 0 Å². The van der Waals surface area contributed by atoms with Crippen LogP contribution in [0.1, 0.15) is 32.6 Å². The number of hydrogen-bond donors (Lipinski definition) is 1. The highest BCUT2D eigenvalue weighted by Crippen LogP contribution is 2.27. The van der Waals surface area contributed by atoms with Gasteiger partial charge >= 0.3 is 0 Å². The van der Waals surface area contributed by atoms with Gasteiger partial charge in [-0.1, -0.05) is 31.9 Å². The van der Waals surface area contributed by atoms with E-state index in [-0.39, 0.29) is 22.5 Å². The molecule has 0 spiro atoms. The molecule has 1 aliphatic rings. The van der Waals surface area contributed by atoms with E-state index in [1.165, 1.54) is 24.3 Å². The number of nitro groups is 1. The van der Waals surface area contributed by atoms with Crippen molar-refractivity contribution in [2.45, 2.75) is 43.5 Å². The number of nitrogens with one attached hydrogen (secondary N) is 1. The van der Waals surface area contributed by atoms with Crippen LogP contribution in [0.2, 0.25) is 0 Å². The number of hydrogen-bond acceptors (Lipinski definition) is 4. The van der Waals surface area contributed by atoms with Crippen molar-refractivity contribution in [3.63, 3.8) is 0 Å². The smallest absolute Gasteiger partial charge is 0.258 e. The van der Waals surface area contributed by atoms with Gasteiger partial charge in [0, 0.05) is 12.1 Å². The molecule has 1 saturated carbocycles. The van der Waals surface area contributed by atoms with E-state index in [0.717, 1.165) is 25.7 Å². The first-order chi connectivity index (χ1) is 9.42. The number of sulfonamides is 1. The Morgan fingerprint density at radius 3 is 2.55 bits per heavy atom. The van der Waals surface area contributed by atoms with E-state index < -0.39 is 14.9 Å². The van der Waals surface area contributed by atoms with Crippen LogP contribution in [0.4, 0.5) is 5.69 Å². The van der Waals surface area contributed by atoms with Crippen LogP contribution in [0.3, 0.4) is 0 Å². The Hall–Kier alpha value is -1.47. The topological polar surface area (TPSA) is 89.3 Å². The third-order valence-electron chi connectivity index (χ3n) is 3.77.